The van der Waals surface area contributed by atoms with Crippen molar-refractivity contribution in [1.29, 1.82) is 0 Å². The molecule has 0 aliphatic rings. The maximum atomic E-state index is 12.1. The van der Waals surface area contributed by atoms with Crippen molar-refractivity contribution in [3.8, 4) is 16.9 Å². The summed E-state index contributed by atoms with van der Waals surface area (Å²) in [6.45, 7) is 0. The lowest BCUT2D eigenvalue weighted by atomic mass is 10.1. The van der Waals surface area contributed by atoms with Crippen LogP contribution in [-0.2, 0) is 0 Å². The van der Waals surface area contributed by atoms with Gasteiger partial charge in [-0.3, -0.25) is 0 Å². The summed E-state index contributed by atoms with van der Waals surface area (Å²) < 4.78 is 40.1. The number of rotatable bonds is 4. The predicted octanol–water partition coefficient (Wildman–Crippen LogP) is 4.48. The molecule has 3 nitrogen and oxygen atoms in total. The first-order valence-electron chi connectivity index (χ1n) is 6.22. The highest BCUT2D eigenvalue weighted by atomic mass is 35.5. The van der Waals surface area contributed by atoms with Crippen molar-refractivity contribution >= 4 is 23.1 Å². The summed E-state index contributed by atoms with van der Waals surface area (Å²) in [6, 6.07) is 12.7. The minimum Gasteiger partial charge on any atom is -0.406 e. The van der Waals surface area contributed by atoms with Crippen LogP contribution in [-0.4, -0.2) is 18.1 Å². The van der Waals surface area contributed by atoms with E-state index in [1.807, 2.05) is 0 Å². The van der Waals surface area contributed by atoms with Gasteiger partial charge in [-0.15, -0.1) is 24.8 Å². The zero-order valence-electron chi connectivity index (χ0n) is 11.3. The SMILES string of the molecule is NC(CCl)=Nc1ccc(-c2ccc(OC(F)(F)F)cc2)cc1. The second kappa shape index (κ2) is 6.70. The molecule has 0 aliphatic carbocycles. The zero-order valence-corrected chi connectivity index (χ0v) is 12.0. The molecule has 0 atom stereocenters. The van der Waals surface area contributed by atoms with E-state index >= 15 is 0 Å². The Labute approximate surface area is 130 Å². The van der Waals surface area contributed by atoms with Gasteiger partial charge in [-0.1, -0.05) is 24.3 Å². The van der Waals surface area contributed by atoms with Crippen molar-refractivity contribution in [2.24, 2.45) is 10.7 Å². The molecule has 0 saturated heterocycles. The molecule has 0 spiro atoms. The topological polar surface area (TPSA) is 47.6 Å². The molecule has 0 fully saturated rings. The van der Waals surface area contributed by atoms with Crippen LogP contribution in [0.1, 0.15) is 0 Å². The van der Waals surface area contributed by atoms with Gasteiger partial charge in [0, 0.05) is 0 Å². The number of hydrogen-bond donors (Lipinski definition) is 1. The van der Waals surface area contributed by atoms with Crippen LogP contribution in [0, 0.1) is 0 Å². The van der Waals surface area contributed by atoms with E-state index in [1.54, 1.807) is 36.4 Å². The fraction of sp³-hybridized carbons (Fsp3) is 0.133. The van der Waals surface area contributed by atoms with Crippen LogP contribution in [0.2, 0.25) is 0 Å². The fourth-order valence-electron chi connectivity index (χ4n) is 1.77. The van der Waals surface area contributed by atoms with Crippen LogP contribution < -0.4 is 10.5 Å². The number of aliphatic imine (C=N–C) groups is 1. The van der Waals surface area contributed by atoms with Gasteiger partial charge in [0.25, 0.3) is 0 Å². The largest absolute Gasteiger partial charge is 0.573 e. The molecule has 0 heterocycles. The van der Waals surface area contributed by atoms with Crippen molar-refractivity contribution < 1.29 is 17.9 Å². The molecule has 0 aliphatic heterocycles. The summed E-state index contributed by atoms with van der Waals surface area (Å²) >= 11 is 5.54. The van der Waals surface area contributed by atoms with Gasteiger partial charge in [-0.05, 0) is 35.4 Å². The summed E-state index contributed by atoms with van der Waals surface area (Å²) in [6.07, 6.45) is -4.69. The van der Waals surface area contributed by atoms with Crippen molar-refractivity contribution in [2.75, 3.05) is 5.88 Å². The molecule has 7 heteroatoms. The van der Waals surface area contributed by atoms with E-state index in [0.29, 0.717) is 11.5 Å². The quantitative estimate of drug-likeness (QED) is 0.511. The lowest BCUT2D eigenvalue weighted by molar-refractivity contribution is -0.274. The Bertz CT molecular complexity index is 652. The second-order valence-corrected chi connectivity index (χ2v) is 4.62. The van der Waals surface area contributed by atoms with Gasteiger partial charge in [0.2, 0.25) is 0 Å². The minimum atomic E-state index is -4.69. The van der Waals surface area contributed by atoms with Crippen molar-refractivity contribution in [3.05, 3.63) is 48.5 Å². The van der Waals surface area contributed by atoms with Gasteiger partial charge in [0.05, 0.1) is 11.6 Å². The number of hydrogen-bond acceptors (Lipinski definition) is 2. The van der Waals surface area contributed by atoms with E-state index in [0.717, 1.165) is 11.1 Å². The van der Waals surface area contributed by atoms with Crippen molar-refractivity contribution in [3.63, 3.8) is 0 Å². The lowest BCUT2D eigenvalue weighted by Crippen LogP contribution is -2.16. The molecule has 22 heavy (non-hydrogen) atoms. The van der Waals surface area contributed by atoms with Crippen molar-refractivity contribution in [2.45, 2.75) is 6.36 Å². The molecular weight excluding hydrogens is 317 g/mol. The third-order valence-electron chi connectivity index (χ3n) is 2.70. The Morgan fingerprint density at radius 1 is 1.00 bits per heavy atom. The standard InChI is InChI=1S/C15H12ClF3N2O/c16-9-14(20)21-12-5-1-10(2-6-12)11-3-7-13(8-4-11)22-15(17,18)19/h1-8H,9H2,(H2,20,21). The second-order valence-electron chi connectivity index (χ2n) is 4.36. The van der Waals surface area contributed by atoms with Crippen molar-refractivity contribution in [1.82, 2.24) is 0 Å². The van der Waals surface area contributed by atoms with E-state index < -0.39 is 6.36 Å². The van der Waals surface area contributed by atoms with Crippen LogP contribution in [0.3, 0.4) is 0 Å². The number of benzene rings is 2. The number of ether oxygens (including phenoxy) is 1. The molecule has 0 bridgehead atoms. The van der Waals surface area contributed by atoms with Gasteiger partial charge >= 0.3 is 6.36 Å². The molecule has 2 rings (SSSR count). The monoisotopic (exact) mass is 328 g/mol. The van der Waals surface area contributed by atoms with E-state index in [9.17, 15) is 13.2 Å². The van der Waals surface area contributed by atoms with Gasteiger partial charge in [-0.2, -0.15) is 0 Å². The Hall–Kier alpha value is -2.21. The molecule has 0 aromatic heterocycles. The highest BCUT2D eigenvalue weighted by Crippen LogP contribution is 2.27. The summed E-state index contributed by atoms with van der Waals surface area (Å²) in [5.41, 5.74) is 7.78. The van der Waals surface area contributed by atoms with Crippen LogP contribution in [0.15, 0.2) is 53.5 Å². The number of nitrogens with zero attached hydrogens (tertiary/aromatic N) is 1. The van der Waals surface area contributed by atoms with Gasteiger partial charge in [0.1, 0.15) is 11.6 Å². The minimum absolute atomic E-state index is 0.141. The summed E-state index contributed by atoms with van der Waals surface area (Å²) in [4.78, 5) is 4.08. The highest BCUT2D eigenvalue weighted by molar-refractivity contribution is 6.28. The maximum Gasteiger partial charge on any atom is 0.573 e. The molecule has 0 saturated carbocycles. The average molecular weight is 329 g/mol. The normalized spacial score (nSPS) is 12.3. The lowest BCUT2D eigenvalue weighted by Gasteiger charge is -2.09. The predicted molar refractivity (Wildman–Crippen MR) is 80.6 cm³/mol. The zero-order chi connectivity index (χ0) is 16.2. The van der Waals surface area contributed by atoms with Crippen LogP contribution in [0.5, 0.6) is 5.75 Å². The molecule has 116 valence electrons. The van der Waals surface area contributed by atoms with Gasteiger partial charge in [-0.25, -0.2) is 4.99 Å². The Morgan fingerprint density at radius 2 is 1.50 bits per heavy atom. The number of alkyl halides is 4. The van der Waals surface area contributed by atoms with E-state index in [4.69, 9.17) is 17.3 Å². The Morgan fingerprint density at radius 3 is 1.95 bits per heavy atom. The maximum absolute atomic E-state index is 12.1. The molecule has 2 aromatic rings. The number of nitrogens with two attached hydrogens (primary N) is 1. The number of amidine groups is 1. The van der Waals surface area contributed by atoms with E-state index in [1.165, 1.54) is 12.1 Å². The number of halogens is 4. The molecule has 0 amide bonds. The van der Waals surface area contributed by atoms with E-state index in [2.05, 4.69) is 9.73 Å². The molecule has 0 radical (unpaired) electrons. The van der Waals surface area contributed by atoms with Crippen LogP contribution in [0.4, 0.5) is 18.9 Å². The summed E-state index contributed by atoms with van der Waals surface area (Å²) in [5.74, 6) is 0.193. The third-order valence-corrected chi connectivity index (χ3v) is 2.97. The molecule has 2 N–H and O–H groups in total. The highest BCUT2D eigenvalue weighted by Gasteiger charge is 2.30. The fourth-order valence-corrected chi connectivity index (χ4v) is 1.83. The smallest absolute Gasteiger partial charge is 0.406 e. The third kappa shape index (κ3) is 4.66. The van der Waals surface area contributed by atoms with Crippen LogP contribution in [0.25, 0.3) is 11.1 Å². The van der Waals surface area contributed by atoms with Crippen LogP contribution >= 0.6 is 11.6 Å². The summed E-state index contributed by atoms with van der Waals surface area (Å²) in [7, 11) is 0. The average Bonchev–Trinajstić information content (AvgIpc) is 2.47. The first-order chi connectivity index (χ1) is 10.4. The molecular formula is C15H12ClF3N2O. The molecule has 2 aromatic carbocycles. The first-order valence-corrected chi connectivity index (χ1v) is 6.76. The molecule has 0 unspecified atom stereocenters. The Balaban J connectivity index is 2.15. The van der Waals surface area contributed by atoms with Gasteiger partial charge in [0.15, 0.2) is 0 Å². The Kier molecular flexibility index (Phi) is 4.92. The van der Waals surface area contributed by atoms with E-state index in [-0.39, 0.29) is 11.6 Å². The summed E-state index contributed by atoms with van der Waals surface area (Å²) in [5, 5.41) is 0. The first kappa shape index (κ1) is 16.2. The van der Waals surface area contributed by atoms with Gasteiger partial charge < -0.3 is 10.5 Å².